The fourth-order valence-electron chi connectivity index (χ4n) is 4.90. The highest BCUT2D eigenvalue weighted by atomic mass is 35.5. The molecule has 0 spiro atoms. The minimum Gasteiger partial charge on any atom is -0.465 e. The van der Waals surface area contributed by atoms with Crippen LogP contribution in [0.1, 0.15) is 49.9 Å². The summed E-state index contributed by atoms with van der Waals surface area (Å²) in [6, 6.07) is 10.5. The number of carboxylic acid groups (broad SMARTS) is 1. The van der Waals surface area contributed by atoms with Crippen molar-refractivity contribution in [3.63, 3.8) is 0 Å². The Bertz CT molecular complexity index is 1270. The van der Waals surface area contributed by atoms with Gasteiger partial charge in [-0.3, -0.25) is 14.4 Å². The summed E-state index contributed by atoms with van der Waals surface area (Å²) < 4.78 is 1.97. The topological polar surface area (TPSA) is 78.7 Å². The number of hydrogen-bond donors (Lipinski definition) is 1. The molecule has 8 heteroatoms. The van der Waals surface area contributed by atoms with E-state index >= 15 is 0 Å². The maximum absolute atomic E-state index is 12.7. The zero-order valence-corrected chi connectivity index (χ0v) is 19.5. The van der Waals surface area contributed by atoms with E-state index in [2.05, 4.69) is 5.10 Å². The van der Waals surface area contributed by atoms with Gasteiger partial charge in [0.15, 0.2) is 0 Å². The molecule has 0 bridgehead atoms. The van der Waals surface area contributed by atoms with Crippen molar-refractivity contribution >= 4 is 35.0 Å². The average molecular weight is 465 g/mol. The molecule has 33 heavy (non-hydrogen) atoms. The van der Waals surface area contributed by atoms with E-state index in [0.717, 1.165) is 35.1 Å². The van der Waals surface area contributed by atoms with E-state index in [1.807, 2.05) is 55.1 Å². The highest BCUT2D eigenvalue weighted by Gasteiger charge is 2.43. The van der Waals surface area contributed by atoms with Crippen LogP contribution in [0.4, 0.5) is 16.2 Å². The molecule has 5 rings (SSSR count). The van der Waals surface area contributed by atoms with Gasteiger partial charge in [-0.25, -0.2) is 4.79 Å². The van der Waals surface area contributed by atoms with Gasteiger partial charge in [0.05, 0.1) is 35.7 Å². The Morgan fingerprint density at radius 1 is 1.06 bits per heavy atom. The molecule has 3 aromatic rings. The molecular formula is C25H25ClN4O3. The van der Waals surface area contributed by atoms with Gasteiger partial charge in [-0.15, -0.1) is 0 Å². The molecule has 170 valence electrons. The van der Waals surface area contributed by atoms with Crippen molar-refractivity contribution in [2.24, 2.45) is 0 Å². The van der Waals surface area contributed by atoms with Gasteiger partial charge in [0.2, 0.25) is 5.91 Å². The molecule has 1 unspecified atom stereocenters. The molecule has 2 amide bonds. The van der Waals surface area contributed by atoms with E-state index in [0.29, 0.717) is 22.4 Å². The number of fused-ring (bicyclic) bond motifs is 1. The maximum atomic E-state index is 12.7. The van der Waals surface area contributed by atoms with Crippen LogP contribution in [0.25, 0.3) is 11.1 Å². The molecule has 7 nitrogen and oxygen atoms in total. The summed E-state index contributed by atoms with van der Waals surface area (Å²) in [7, 11) is 0. The van der Waals surface area contributed by atoms with E-state index in [1.54, 1.807) is 17.2 Å². The second-order valence-corrected chi connectivity index (χ2v) is 9.31. The summed E-state index contributed by atoms with van der Waals surface area (Å²) in [6.07, 6.45) is 4.99. The van der Waals surface area contributed by atoms with Crippen molar-refractivity contribution < 1.29 is 14.7 Å². The SMILES string of the molecule is CC(=O)N1c2ccc(-c3cnn(C4CC4)c3)cc2N(C(=O)O)C(c2ccc(Cl)cc2C)[C@@H]1C. The first-order valence-electron chi connectivity index (χ1n) is 11.0. The molecule has 1 fully saturated rings. The molecule has 2 heterocycles. The van der Waals surface area contributed by atoms with Gasteiger partial charge in [0.1, 0.15) is 0 Å². The van der Waals surface area contributed by atoms with Gasteiger partial charge < -0.3 is 10.0 Å². The third kappa shape index (κ3) is 3.66. The number of nitrogens with zero attached hydrogens (tertiary/aromatic N) is 4. The minimum absolute atomic E-state index is 0.139. The third-order valence-corrected chi connectivity index (χ3v) is 6.82. The number of benzene rings is 2. The predicted octanol–water partition coefficient (Wildman–Crippen LogP) is 5.83. The molecule has 2 aliphatic rings. The quantitative estimate of drug-likeness (QED) is 0.529. The highest BCUT2D eigenvalue weighted by molar-refractivity contribution is 6.30. The van der Waals surface area contributed by atoms with Crippen LogP contribution in [0.3, 0.4) is 0 Å². The number of halogens is 1. The van der Waals surface area contributed by atoms with Gasteiger partial charge >= 0.3 is 6.09 Å². The van der Waals surface area contributed by atoms with Crippen LogP contribution in [-0.4, -0.2) is 32.9 Å². The standard InChI is InChI=1S/C25H25ClN4O3/c1-14-10-19(26)5-8-21(14)24-15(2)29(16(3)31)22-9-4-17(11-23(22)30(24)25(32)33)18-12-27-28(13-18)20-6-7-20/h4-5,8-13,15,20,24H,6-7H2,1-3H3,(H,32,33)/t15-,24?/m0/s1. The number of amides is 2. The molecule has 2 atom stereocenters. The lowest BCUT2D eigenvalue weighted by molar-refractivity contribution is -0.117. The summed E-state index contributed by atoms with van der Waals surface area (Å²) in [5, 5.41) is 15.4. The number of aromatic nitrogens is 2. The molecule has 1 saturated carbocycles. The van der Waals surface area contributed by atoms with Gasteiger partial charge in [-0.2, -0.15) is 5.10 Å². The number of carbonyl (C=O) groups is 2. The fourth-order valence-corrected chi connectivity index (χ4v) is 5.13. The largest absolute Gasteiger partial charge is 0.465 e. The molecule has 1 aliphatic carbocycles. The Kier molecular flexibility index (Phi) is 5.16. The number of anilines is 2. The highest BCUT2D eigenvalue weighted by Crippen LogP contribution is 2.47. The lowest BCUT2D eigenvalue weighted by Crippen LogP contribution is -2.53. The van der Waals surface area contributed by atoms with E-state index in [9.17, 15) is 14.7 Å². The van der Waals surface area contributed by atoms with Crippen molar-refractivity contribution in [1.82, 2.24) is 9.78 Å². The Labute approximate surface area is 197 Å². The van der Waals surface area contributed by atoms with Gasteiger partial charge in [-0.1, -0.05) is 23.7 Å². The number of rotatable bonds is 3. The van der Waals surface area contributed by atoms with Gasteiger partial charge in [0, 0.05) is 23.7 Å². The Morgan fingerprint density at radius 3 is 2.45 bits per heavy atom. The Balaban J connectivity index is 1.68. The summed E-state index contributed by atoms with van der Waals surface area (Å²) in [5.74, 6) is -0.139. The first-order valence-corrected chi connectivity index (χ1v) is 11.4. The molecule has 0 radical (unpaired) electrons. The van der Waals surface area contributed by atoms with Gasteiger partial charge in [0.25, 0.3) is 0 Å². The lowest BCUT2D eigenvalue weighted by atomic mass is 9.89. The van der Waals surface area contributed by atoms with Gasteiger partial charge in [-0.05, 0) is 67.6 Å². The normalized spacial score (nSPS) is 20.0. The van der Waals surface area contributed by atoms with E-state index in [4.69, 9.17) is 11.6 Å². The zero-order chi connectivity index (χ0) is 23.4. The van der Waals surface area contributed by atoms with E-state index < -0.39 is 18.2 Å². The summed E-state index contributed by atoms with van der Waals surface area (Å²) in [5.41, 5.74) is 4.53. The third-order valence-electron chi connectivity index (χ3n) is 6.59. The molecular weight excluding hydrogens is 440 g/mol. The van der Waals surface area contributed by atoms with Crippen LogP contribution in [0, 0.1) is 6.92 Å². The molecule has 1 N–H and O–H groups in total. The lowest BCUT2D eigenvalue weighted by Gasteiger charge is -2.46. The monoisotopic (exact) mass is 464 g/mol. The predicted molar refractivity (Wildman–Crippen MR) is 128 cm³/mol. The van der Waals surface area contributed by atoms with E-state index in [-0.39, 0.29) is 5.91 Å². The van der Waals surface area contributed by atoms with Crippen molar-refractivity contribution in [2.45, 2.75) is 51.7 Å². The first kappa shape index (κ1) is 21.5. The summed E-state index contributed by atoms with van der Waals surface area (Å²) in [6.45, 7) is 5.30. The van der Waals surface area contributed by atoms with Crippen LogP contribution in [0.5, 0.6) is 0 Å². The van der Waals surface area contributed by atoms with Crippen molar-refractivity contribution in [1.29, 1.82) is 0 Å². The number of hydrogen-bond acceptors (Lipinski definition) is 3. The van der Waals surface area contributed by atoms with Crippen LogP contribution >= 0.6 is 11.6 Å². The van der Waals surface area contributed by atoms with Crippen LogP contribution in [0.2, 0.25) is 5.02 Å². The van der Waals surface area contributed by atoms with Crippen LogP contribution in [-0.2, 0) is 4.79 Å². The second kappa shape index (κ2) is 7.92. The molecule has 1 aromatic heterocycles. The minimum atomic E-state index is -1.07. The summed E-state index contributed by atoms with van der Waals surface area (Å²) in [4.78, 5) is 28.4. The smallest absolute Gasteiger partial charge is 0.412 e. The number of carbonyl (C=O) groups excluding carboxylic acids is 1. The Hall–Kier alpha value is -3.32. The average Bonchev–Trinajstić information content (AvgIpc) is 3.49. The Morgan fingerprint density at radius 2 is 1.82 bits per heavy atom. The van der Waals surface area contributed by atoms with Crippen molar-refractivity contribution in [3.8, 4) is 11.1 Å². The first-order chi connectivity index (χ1) is 15.8. The van der Waals surface area contributed by atoms with Crippen LogP contribution in [0.15, 0.2) is 48.8 Å². The molecule has 2 aromatic carbocycles. The number of aryl methyl sites for hydroxylation is 1. The zero-order valence-electron chi connectivity index (χ0n) is 18.7. The summed E-state index contributed by atoms with van der Waals surface area (Å²) >= 11 is 6.17. The van der Waals surface area contributed by atoms with Crippen LogP contribution < -0.4 is 9.80 Å². The maximum Gasteiger partial charge on any atom is 0.412 e. The fraction of sp³-hybridized carbons (Fsp3) is 0.320. The van der Waals surface area contributed by atoms with E-state index in [1.165, 1.54) is 11.8 Å². The molecule has 1 aliphatic heterocycles. The molecule has 0 saturated heterocycles. The van der Waals surface area contributed by atoms with Crippen molar-refractivity contribution in [2.75, 3.05) is 9.80 Å². The van der Waals surface area contributed by atoms with Crippen molar-refractivity contribution in [3.05, 3.63) is 64.9 Å². The second-order valence-electron chi connectivity index (χ2n) is 8.87.